The maximum atomic E-state index is 7.91. The van der Waals surface area contributed by atoms with E-state index < -0.39 is 37.1 Å². The zero-order valence-electron chi connectivity index (χ0n) is 17.4. The second-order valence-electron chi connectivity index (χ2n) is 1.81. The summed E-state index contributed by atoms with van der Waals surface area (Å²) in [5, 5.41) is 18.7. The Hall–Kier alpha value is -0.240. The van der Waals surface area contributed by atoms with Crippen molar-refractivity contribution in [3.63, 3.8) is 0 Å². The highest BCUT2D eigenvalue weighted by Gasteiger charge is 2.42. The van der Waals surface area contributed by atoms with Crippen LogP contribution in [-0.4, -0.2) is 69.8 Å². The first-order valence-corrected chi connectivity index (χ1v) is 2.68. The number of rotatable bonds is 6. The number of ether oxygens (including phenoxy) is 1. The van der Waals surface area contributed by atoms with Crippen LogP contribution in [0.5, 0.6) is 0 Å². The first kappa shape index (κ1) is 2.41. The quantitative estimate of drug-likeness (QED) is 0.303. The van der Waals surface area contributed by atoms with Crippen molar-refractivity contribution in [2.24, 2.45) is 0 Å². The Morgan fingerprint density at radius 2 is 2.08 bits per heavy atom. The van der Waals surface area contributed by atoms with Crippen LogP contribution in [0.25, 0.3) is 0 Å². The minimum atomic E-state index is -3.86. The van der Waals surface area contributed by atoms with E-state index in [1.54, 1.807) is 0 Å². The van der Waals surface area contributed by atoms with E-state index in [4.69, 9.17) is 16.8 Å². The highest BCUT2D eigenvalue weighted by Crippen LogP contribution is 2.18. The van der Waals surface area contributed by atoms with Crippen LogP contribution in [0.15, 0.2) is 0 Å². The lowest BCUT2D eigenvalue weighted by molar-refractivity contribution is -0.286. The predicted molar refractivity (Wildman–Crippen MR) is 36.0 cm³/mol. The van der Waals surface area contributed by atoms with Gasteiger partial charge in [0.25, 0.3) is 0 Å². The van der Waals surface area contributed by atoms with Crippen molar-refractivity contribution < 1.29 is 39.9 Å². The first-order valence-electron chi connectivity index (χ1n) is 8.22. The summed E-state index contributed by atoms with van der Waals surface area (Å²) in [7, 11) is 0. The van der Waals surface area contributed by atoms with Crippen molar-refractivity contribution in [3.8, 4) is 0 Å². The lowest BCUT2D eigenvalue weighted by Crippen LogP contribution is -2.58. The van der Waals surface area contributed by atoms with E-state index in [-0.39, 0.29) is 0 Å². The summed E-state index contributed by atoms with van der Waals surface area (Å²) >= 11 is 0. The molecule has 1 heterocycles. The summed E-state index contributed by atoms with van der Waals surface area (Å²) in [6.07, 6.45) is -19.1. The topological polar surface area (TPSA) is 110 Å². The van der Waals surface area contributed by atoms with Crippen molar-refractivity contribution in [3.05, 3.63) is 0 Å². The summed E-state index contributed by atoms with van der Waals surface area (Å²) in [6, 6.07) is 0. The number of hydrogen-bond acceptors (Lipinski definition) is 6. The molecule has 0 saturated carbocycles. The van der Waals surface area contributed by atoms with Gasteiger partial charge in [-0.2, -0.15) is 0 Å². The number of hydrogen-bond donors (Lipinski definition) is 5. The molecule has 5 N–H and O–H groups in total. The molecule has 0 aromatic carbocycles. The van der Waals surface area contributed by atoms with E-state index in [1.165, 1.54) is 0 Å². The van der Waals surface area contributed by atoms with Crippen LogP contribution in [0.1, 0.15) is 9.60 Å². The average molecular weight is 192 g/mol. The lowest BCUT2D eigenvalue weighted by Gasteiger charge is -2.37. The minimum absolute atomic E-state index is 3.59. The molecule has 1 fully saturated rings. The van der Waals surface area contributed by atoms with Gasteiger partial charge in [0.05, 0.1) is 16.2 Å². The van der Waals surface area contributed by atoms with Gasteiger partial charge in [0.1, 0.15) is 24.3 Å². The average Bonchev–Trinajstić information content (AvgIpc) is 2.57. The van der Waals surface area contributed by atoms with Crippen LogP contribution < -0.4 is 0 Å². The van der Waals surface area contributed by atoms with Crippen LogP contribution in [-0.2, 0) is 4.74 Å². The predicted octanol–water partition coefficient (Wildman–Crippen LogP) is -3.22. The lowest BCUT2D eigenvalue weighted by atomic mass is 10.00. The summed E-state index contributed by atoms with van der Waals surface area (Å²) < 4.78 is 92.6. The van der Waals surface area contributed by atoms with E-state index in [9.17, 15) is 0 Å². The summed E-state index contributed by atoms with van der Waals surface area (Å²) in [4.78, 5) is 0. The van der Waals surface area contributed by atoms with Gasteiger partial charge in [-0.25, -0.2) is 0 Å². The van der Waals surface area contributed by atoms with E-state index in [2.05, 4.69) is 30.3 Å². The second kappa shape index (κ2) is 3.65. The van der Waals surface area contributed by atoms with E-state index >= 15 is 0 Å². The van der Waals surface area contributed by atoms with Crippen LogP contribution in [0.4, 0.5) is 0 Å². The van der Waals surface area contributed by atoms with Crippen molar-refractivity contribution >= 4 is 0 Å². The van der Waals surface area contributed by atoms with Gasteiger partial charge in [-0.15, -0.1) is 0 Å². The summed E-state index contributed by atoms with van der Waals surface area (Å²) in [6.45, 7) is -3.73. The van der Waals surface area contributed by atoms with E-state index in [0.29, 0.717) is 0 Å². The van der Waals surface area contributed by atoms with Gasteiger partial charge in [0.15, 0.2) is 6.27 Å². The second-order valence-corrected chi connectivity index (χ2v) is 1.81. The molecule has 1 saturated heterocycles. The van der Waals surface area contributed by atoms with E-state index in [1.807, 2.05) is 0 Å². The third-order valence-electron chi connectivity index (χ3n) is 1.09. The molecule has 1 aliphatic heterocycles. The van der Waals surface area contributed by atoms with Crippen LogP contribution >= 0.6 is 0 Å². The minimum Gasteiger partial charge on any atom is -0.394 e. The SMILES string of the molecule is [2H]OC([2H])([2H])[C@@]1([2H])O[C@@]([2H])(O[2H])[C@]([2H])(O[2H])[C@@]([2H])(O[2H])[C@]1([2H])O[2H]. The molecule has 0 aromatic heterocycles. The number of aliphatic hydroxyl groups is 5. The van der Waals surface area contributed by atoms with Gasteiger partial charge >= 0.3 is 0 Å². The Labute approximate surface area is 85.9 Å². The highest BCUT2D eigenvalue weighted by atomic mass is 16.6. The van der Waals surface area contributed by atoms with Crippen LogP contribution in [0.2, 0.25) is 0 Å². The standard InChI is InChI=1S/C6H12O6/c7-1-2-3(8)4(9)5(10)6(11)12-2/h2-11H,1H2/t2-,3-,4+,5-,6-/m1/s1/i1D2,2D,3D,4D,5D,6D,7D,8D,9D,10D,11D. The molecule has 0 aliphatic carbocycles. The molecule has 0 spiro atoms. The molecule has 5 atom stereocenters. The molecule has 6 nitrogen and oxygen atoms in total. The molecule has 0 radical (unpaired) electrons. The largest absolute Gasteiger partial charge is 0.394 e. The van der Waals surface area contributed by atoms with Gasteiger partial charge in [0.2, 0.25) is 7.16 Å². The maximum Gasteiger partial charge on any atom is 0.213 e. The summed E-state index contributed by atoms with van der Waals surface area (Å²) in [5.74, 6) is 0. The fourth-order valence-electron chi connectivity index (χ4n) is 0.552. The van der Waals surface area contributed by atoms with Gasteiger partial charge < -0.3 is 30.3 Å². The van der Waals surface area contributed by atoms with Gasteiger partial charge in [-0.3, -0.25) is 0 Å². The normalized spacial score (nSPS) is 95.0. The monoisotopic (exact) mass is 192 g/mol. The van der Waals surface area contributed by atoms with Crippen LogP contribution in [0.3, 0.4) is 0 Å². The molecule has 1 rings (SSSR count). The van der Waals surface area contributed by atoms with Crippen molar-refractivity contribution in [1.29, 1.82) is 7.16 Å². The molecular weight excluding hydrogens is 168 g/mol. The Kier molecular flexibility index (Phi) is 0.733. The van der Waals surface area contributed by atoms with Crippen molar-refractivity contribution in [1.82, 2.24) is 0 Å². The maximum absolute atomic E-state index is 7.91. The summed E-state index contributed by atoms with van der Waals surface area (Å²) in [5.41, 5.74) is 0. The zero-order chi connectivity index (χ0) is 19.2. The Morgan fingerprint density at radius 3 is 2.67 bits per heavy atom. The fraction of sp³-hybridized carbons (Fsp3) is 1.00. The smallest absolute Gasteiger partial charge is 0.213 e. The highest BCUT2D eigenvalue weighted by molar-refractivity contribution is 4.87. The van der Waals surface area contributed by atoms with Crippen molar-refractivity contribution in [2.75, 3.05) is 6.56 Å². The molecule has 6 heteroatoms. The molecule has 0 bridgehead atoms. The molecule has 0 amide bonds. The molecular formula is C6H12O6. The fourth-order valence-corrected chi connectivity index (χ4v) is 0.552. The molecule has 72 valence electrons. The van der Waals surface area contributed by atoms with Crippen molar-refractivity contribution in [2.45, 2.75) is 30.6 Å². The molecule has 0 aromatic rings. The van der Waals surface area contributed by atoms with Gasteiger partial charge in [-0.1, -0.05) is 0 Å². The molecule has 12 heavy (non-hydrogen) atoms. The third-order valence-corrected chi connectivity index (χ3v) is 1.09. The molecule has 1 aliphatic rings. The van der Waals surface area contributed by atoms with E-state index in [0.717, 1.165) is 0 Å². The molecule has 0 unspecified atom stereocenters. The Bertz CT molecular complexity index is 468. The Morgan fingerprint density at radius 1 is 1.25 bits per heavy atom. The zero-order valence-corrected chi connectivity index (χ0v) is 5.45. The third kappa shape index (κ3) is 1.58. The Balaban J connectivity index is 3.88. The van der Waals surface area contributed by atoms with Gasteiger partial charge in [-0.05, 0) is 0 Å². The van der Waals surface area contributed by atoms with Gasteiger partial charge in [0, 0.05) is 0 Å². The first-order chi connectivity index (χ1) is 10.8. The van der Waals surface area contributed by atoms with Crippen LogP contribution in [0, 0.1) is 0 Å².